The van der Waals surface area contributed by atoms with Crippen LogP contribution in [0.1, 0.15) is 17.3 Å². The van der Waals surface area contributed by atoms with Gasteiger partial charge >= 0.3 is 0 Å². The highest BCUT2D eigenvalue weighted by atomic mass is 35.5. The Morgan fingerprint density at radius 3 is 2.24 bits per heavy atom. The molecule has 132 valence electrons. The molecule has 2 N–H and O–H groups in total. The molecule has 0 aliphatic heterocycles. The zero-order valence-corrected chi connectivity index (χ0v) is 15.0. The van der Waals surface area contributed by atoms with Gasteiger partial charge in [0.1, 0.15) is 11.5 Å². The normalized spacial score (nSPS) is 11.4. The van der Waals surface area contributed by atoms with E-state index in [0.717, 1.165) is 0 Å². The van der Waals surface area contributed by atoms with Crippen molar-refractivity contribution in [3.63, 3.8) is 0 Å². The molecule has 0 heterocycles. The number of halogens is 2. The molecule has 6 nitrogen and oxygen atoms in total. The summed E-state index contributed by atoms with van der Waals surface area (Å²) in [4.78, 5) is 24.0. The van der Waals surface area contributed by atoms with Crippen molar-refractivity contribution in [3.8, 4) is 11.5 Å². The van der Waals surface area contributed by atoms with Gasteiger partial charge in [-0.1, -0.05) is 23.2 Å². The number of benzene rings is 2. The lowest BCUT2D eigenvalue weighted by atomic mass is 10.2. The van der Waals surface area contributed by atoms with Crippen molar-refractivity contribution in [3.05, 3.63) is 58.1 Å². The fraction of sp³-hybridized carbons (Fsp3) is 0.176. The van der Waals surface area contributed by atoms with Crippen LogP contribution in [0, 0.1) is 0 Å². The SMILES string of the molecule is COc1ccc(OC(C)C(=O)NNC(=O)c2ccc(Cl)cc2Cl)cc1. The smallest absolute Gasteiger partial charge is 0.279 e. The van der Waals surface area contributed by atoms with Crippen LogP contribution in [0.2, 0.25) is 10.0 Å². The largest absolute Gasteiger partial charge is 0.497 e. The highest BCUT2D eigenvalue weighted by molar-refractivity contribution is 6.36. The van der Waals surface area contributed by atoms with Crippen LogP contribution < -0.4 is 20.3 Å². The van der Waals surface area contributed by atoms with E-state index in [1.54, 1.807) is 38.3 Å². The average molecular weight is 383 g/mol. The van der Waals surface area contributed by atoms with Gasteiger partial charge in [-0.2, -0.15) is 0 Å². The number of hydrazine groups is 1. The number of hydrogen-bond donors (Lipinski definition) is 2. The van der Waals surface area contributed by atoms with Crippen molar-refractivity contribution in [2.45, 2.75) is 13.0 Å². The van der Waals surface area contributed by atoms with Crippen LogP contribution in [0.4, 0.5) is 0 Å². The summed E-state index contributed by atoms with van der Waals surface area (Å²) in [6.45, 7) is 1.56. The van der Waals surface area contributed by atoms with E-state index < -0.39 is 17.9 Å². The summed E-state index contributed by atoms with van der Waals surface area (Å²) in [6.07, 6.45) is -0.825. The number of carbonyl (C=O) groups excluding carboxylic acids is 2. The fourth-order valence-electron chi connectivity index (χ4n) is 1.87. The number of hydrogen-bond acceptors (Lipinski definition) is 4. The molecule has 2 amide bonds. The van der Waals surface area contributed by atoms with Crippen molar-refractivity contribution in [1.29, 1.82) is 0 Å². The van der Waals surface area contributed by atoms with E-state index in [0.29, 0.717) is 16.5 Å². The first-order valence-corrected chi connectivity index (χ1v) is 8.02. The van der Waals surface area contributed by atoms with E-state index in [9.17, 15) is 9.59 Å². The molecule has 0 aliphatic rings. The van der Waals surface area contributed by atoms with Crippen molar-refractivity contribution < 1.29 is 19.1 Å². The molecule has 1 atom stereocenters. The molecule has 0 saturated carbocycles. The fourth-order valence-corrected chi connectivity index (χ4v) is 2.37. The molecule has 0 fully saturated rings. The number of amides is 2. The first-order chi connectivity index (χ1) is 11.9. The molecule has 2 aromatic carbocycles. The van der Waals surface area contributed by atoms with E-state index >= 15 is 0 Å². The minimum Gasteiger partial charge on any atom is -0.497 e. The van der Waals surface area contributed by atoms with Gasteiger partial charge in [-0.05, 0) is 49.4 Å². The van der Waals surface area contributed by atoms with E-state index in [-0.39, 0.29) is 10.6 Å². The van der Waals surface area contributed by atoms with Gasteiger partial charge in [0.2, 0.25) is 0 Å². The molecule has 0 bridgehead atoms. The van der Waals surface area contributed by atoms with Crippen LogP contribution in [0.5, 0.6) is 11.5 Å². The maximum Gasteiger partial charge on any atom is 0.279 e. The Balaban J connectivity index is 1.88. The number of nitrogens with one attached hydrogen (secondary N) is 2. The average Bonchev–Trinajstić information content (AvgIpc) is 2.60. The summed E-state index contributed by atoms with van der Waals surface area (Å²) in [5, 5.41) is 0.592. The van der Waals surface area contributed by atoms with Gasteiger partial charge in [0.25, 0.3) is 11.8 Å². The first kappa shape index (κ1) is 18.9. The van der Waals surface area contributed by atoms with Gasteiger partial charge in [-0.25, -0.2) is 0 Å². The Kier molecular flexibility index (Phi) is 6.50. The van der Waals surface area contributed by atoms with E-state index in [2.05, 4.69) is 10.9 Å². The molecular formula is C17H16Cl2N2O4. The highest BCUT2D eigenvalue weighted by Gasteiger charge is 2.17. The number of rotatable bonds is 5. The second-order valence-electron chi connectivity index (χ2n) is 5.00. The lowest BCUT2D eigenvalue weighted by Crippen LogP contribution is -2.47. The van der Waals surface area contributed by atoms with Gasteiger partial charge in [-0.15, -0.1) is 0 Å². The molecule has 0 radical (unpaired) electrons. The molecule has 0 saturated heterocycles. The van der Waals surface area contributed by atoms with Crippen LogP contribution in [-0.4, -0.2) is 25.0 Å². The van der Waals surface area contributed by atoms with Crippen molar-refractivity contribution in [2.24, 2.45) is 0 Å². The quantitative estimate of drug-likeness (QED) is 0.778. The highest BCUT2D eigenvalue weighted by Crippen LogP contribution is 2.21. The van der Waals surface area contributed by atoms with E-state index in [1.807, 2.05) is 0 Å². The Bertz CT molecular complexity index is 766. The molecule has 2 rings (SSSR count). The summed E-state index contributed by atoms with van der Waals surface area (Å²) in [7, 11) is 1.56. The van der Waals surface area contributed by atoms with Crippen LogP contribution in [0.3, 0.4) is 0 Å². The van der Waals surface area contributed by atoms with Crippen molar-refractivity contribution in [2.75, 3.05) is 7.11 Å². The summed E-state index contributed by atoms with van der Waals surface area (Å²) >= 11 is 11.7. The summed E-state index contributed by atoms with van der Waals surface area (Å²) in [5.41, 5.74) is 4.75. The Labute approximate surface area is 155 Å². The van der Waals surface area contributed by atoms with Gasteiger partial charge < -0.3 is 9.47 Å². The number of ether oxygens (including phenoxy) is 2. The lowest BCUT2D eigenvalue weighted by molar-refractivity contribution is -0.128. The van der Waals surface area contributed by atoms with Crippen LogP contribution in [0.15, 0.2) is 42.5 Å². The van der Waals surface area contributed by atoms with Crippen LogP contribution >= 0.6 is 23.2 Å². The third kappa shape index (κ3) is 5.27. The predicted molar refractivity (Wildman–Crippen MR) is 95.2 cm³/mol. The molecule has 0 aromatic heterocycles. The maximum absolute atomic E-state index is 12.0. The first-order valence-electron chi connectivity index (χ1n) is 7.26. The van der Waals surface area contributed by atoms with Gasteiger partial charge in [0.15, 0.2) is 6.10 Å². The standard InChI is InChI=1S/C17H16Cl2N2O4/c1-10(25-13-6-4-12(24-2)5-7-13)16(22)20-21-17(23)14-8-3-11(18)9-15(14)19/h3-10H,1-2H3,(H,20,22)(H,21,23). The van der Waals surface area contributed by atoms with Crippen molar-refractivity contribution in [1.82, 2.24) is 10.9 Å². The predicted octanol–water partition coefficient (Wildman–Crippen LogP) is 3.23. The van der Waals surface area contributed by atoms with Crippen LogP contribution in [-0.2, 0) is 4.79 Å². The minimum absolute atomic E-state index is 0.182. The van der Waals surface area contributed by atoms with E-state index in [1.165, 1.54) is 18.2 Å². The summed E-state index contributed by atoms with van der Waals surface area (Å²) in [6, 6.07) is 11.2. The number of methoxy groups -OCH3 is 1. The maximum atomic E-state index is 12.0. The third-order valence-electron chi connectivity index (χ3n) is 3.22. The zero-order chi connectivity index (χ0) is 18.4. The minimum atomic E-state index is -0.825. The second kappa shape index (κ2) is 8.60. The molecule has 2 aromatic rings. The topological polar surface area (TPSA) is 76.7 Å². The number of carbonyl (C=O) groups is 2. The summed E-state index contributed by atoms with van der Waals surface area (Å²) < 4.78 is 10.5. The Morgan fingerprint density at radius 1 is 1.00 bits per heavy atom. The van der Waals surface area contributed by atoms with Gasteiger partial charge in [-0.3, -0.25) is 20.4 Å². The molecule has 0 spiro atoms. The van der Waals surface area contributed by atoms with Gasteiger partial charge in [0, 0.05) is 5.02 Å². The lowest BCUT2D eigenvalue weighted by Gasteiger charge is -2.15. The molecule has 25 heavy (non-hydrogen) atoms. The van der Waals surface area contributed by atoms with E-state index in [4.69, 9.17) is 32.7 Å². The molecule has 0 aliphatic carbocycles. The van der Waals surface area contributed by atoms with Crippen molar-refractivity contribution >= 4 is 35.0 Å². The summed E-state index contributed by atoms with van der Waals surface area (Å²) in [5.74, 6) is 0.0907. The molecule has 8 heteroatoms. The van der Waals surface area contributed by atoms with Gasteiger partial charge in [0.05, 0.1) is 17.7 Å². The third-order valence-corrected chi connectivity index (χ3v) is 3.76. The molecular weight excluding hydrogens is 367 g/mol. The monoisotopic (exact) mass is 382 g/mol. The zero-order valence-electron chi connectivity index (χ0n) is 13.5. The Morgan fingerprint density at radius 2 is 1.64 bits per heavy atom. The second-order valence-corrected chi connectivity index (χ2v) is 5.85. The Hall–Kier alpha value is -2.44. The molecule has 1 unspecified atom stereocenters. The van der Waals surface area contributed by atoms with Crippen LogP contribution in [0.25, 0.3) is 0 Å².